The van der Waals surface area contributed by atoms with Gasteiger partial charge in [0, 0.05) is 48.8 Å². The van der Waals surface area contributed by atoms with Gasteiger partial charge in [-0.15, -0.1) is 0 Å². The molecule has 1 atom stereocenters. The quantitative estimate of drug-likeness (QED) is 0.166. The van der Waals surface area contributed by atoms with E-state index in [4.69, 9.17) is 9.98 Å². The molecule has 0 aromatic carbocycles. The van der Waals surface area contributed by atoms with Crippen molar-refractivity contribution in [3.63, 3.8) is 0 Å². The number of pyridine rings is 1. The van der Waals surface area contributed by atoms with Crippen molar-refractivity contribution in [3.05, 3.63) is 108 Å². The minimum absolute atomic E-state index is 0.118. The molecule has 1 saturated heterocycles. The van der Waals surface area contributed by atoms with E-state index in [0.717, 1.165) is 59.5 Å². The summed E-state index contributed by atoms with van der Waals surface area (Å²) in [5.41, 5.74) is 10.0. The van der Waals surface area contributed by atoms with Crippen LogP contribution >= 0.6 is 0 Å². The molecule has 1 aromatic rings. The van der Waals surface area contributed by atoms with Crippen LogP contribution in [0.25, 0.3) is 17.3 Å². The number of ketones is 1. The average molecular weight is 550 g/mol. The zero-order valence-corrected chi connectivity index (χ0v) is 25.9. The third-order valence-electron chi connectivity index (χ3n) is 7.95. The molecule has 216 valence electrons. The molecule has 41 heavy (non-hydrogen) atoms. The lowest BCUT2D eigenvalue weighted by atomic mass is 9.92. The highest BCUT2D eigenvalue weighted by molar-refractivity contribution is 6.17. The van der Waals surface area contributed by atoms with Crippen molar-refractivity contribution >= 4 is 28.8 Å². The fourth-order valence-corrected chi connectivity index (χ4v) is 5.32. The first-order chi connectivity index (χ1) is 19.6. The molecule has 3 heterocycles. The van der Waals surface area contributed by atoms with Crippen LogP contribution in [0.2, 0.25) is 0 Å². The molecule has 4 heteroatoms. The van der Waals surface area contributed by atoms with E-state index in [1.807, 2.05) is 38.3 Å². The van der Waals surface area contributed by atoms with E-state index in [2.05, 4.69) is 64.1 Å². The zero-order valence-electron chi connectivity index (χ0n) is 25.9. The lowest BCUT2D eigenvalue weighted by molar-refractivity contribution is -0.111. The fraction of sp³-hybridized carbons (Fsp3) is 0.378. The van der Waals surface area contributed by atoms with Crippen LogP contribution in [-0.4, -0.2) is 34.5 Å². The molecule has 0 unspecified atom stereocenters. The number of rotatable bonds is 10. The number of likely N-dealkylation sites (tertiary alicyclic amines) is 1. The van der Waals surface area contributed by atoms with E-state index >= 15 is 0 Å². The standard InChI is InChI=1S/C37H47N3O/c1-10-13-16-30-24-40(17-14-15-27(30)7)32(12-3)19-28(8)34-20-29(9)37(41)22-36(39-34)35-21-33(25(4)5)31(23-38-35)18-26(6)11-2/h11-12,18-19,21-23,30H,2,4,7,9-10,13-17,20,24H2,1,3,5-6,8H3/b26-18-,28-19-,32-12+/t30-/m1/s1. The van der Waals surface area contributed by atoms with Gasteiger partial charge in [0.1, 0.15) is 0 Å². The van der Waals surface area contributed by atoms with Gasteiger partial charge in [0.25, 0.3) is 0 Å². The molecular weight excluding hydrogens is 502 g/mol. The molecule has 4 nitrogen and oxygen atoms in total. The van der Waals surface area contributed by atoms with Gasteiger partial charge in [-0.1, -0.05) is 75.0 Å². The number of allylic oxidation sites excluding steroid dienone is 8. The Bertz CT molecular complexity index is 1380. The summed E-state index contributed by atoms with van der Waals surface area (Å²) in [5.74, 6) is 0.401. The second kappa shape index (κ2) is 14.7. The van der Waals surface area contributed by atoms with Gasteiger partial charge in [0.05, 0.1) is 11.4 Å². The highest BCUT2D eigenvalue weighted by Gasteiger charge is 2.23. The third kappa shape index (κ3) is 8.36. The zero-order chi connectivity index (χ0) is 30.1. The Hall–Kier alpha value is -3.79. The van der Waals surface area contributed by atoms with Crippen LogP contribution in [0.3, 0.4) is 0 Å². The van der Waals surface area contributed by atoms with E-state index in [0.29, 0.717) is 29.3 Å². The first-order valence-electron chi connectivity index (χ1n) is 14.8. The molecule has 0 N–H and O–H groups in total. The number of carbonyl (C=O) groups is 1. The lowest BCUT2D eigenvalue weighted by Gasteiger charge is -2.28. The summed E-state index contributed by atoms with van der Waals surface area (Å²) in [6, 6.07) is 1.97. The number of aromatic nitrogens is 1. The third-order valence-corrected chi connectivity index (χ3v) is 7.95. The Morgan fingerprint density at radius 3 is 2.63 bits per heavy atom. The van der Waals surface area contributed by atoms with Crippen LogP contribution < -0.4 is 0 Å². The Morgan fingerprint density at radius 2 is 1.98 bits per heavy atom. The normalized spacial score (nSPS) is 19.4. The lowest BCUT2D eigenvalue weighted by Crippen LogP contribution is -2.28. The minimum atomic E-state index is -0.118. The van der Waals surface area contributed by atoms with Crippen molar-refractivity contribution < 1.29 is 4.79 Å². The maximum Gasteiger partial charge on any atom is 0.183 e. The fourth-order valence-electron chi connectivity index (χ4n) is 5.32. The Labute approximate surface area is 248 Å². The van der Waals surface area contributed by atoms with Gasteiger partial charge in [-0.05, 0) is 87.8 Å². The molecule has 0 amide bonds. The Balaban J connectivity index is 1.99. The van der Waals surface area contributed by atoms with Gasteiger partial charge in [-0.25, -0.2) is 0 Å². The van der Waals surface area contributed by atoms with E-state index in [-0.39, 0.29) is 5.78 Å². The molecule has 0 radical (unpaired) electrons. The number of unbranched alkanes of at least 4 members (excludes halogenated alkanes) is 1. The smallest absolute Gasteiger partial charge is 0.183 e. The number of hydrogen-bond acceptors (Lipinski definition) is 4. The summed E-state index contributed by atoms with van der Waals surface area (Å²) in [6.07, 6.45) is 17.8. The van der Waals surface area contributed by atoms with Crippen molar-refractivity contribution in [1.82, 2.24) is 9.88 Å². The van der Waals surface area contributed by atoms with Crippen molar-refractivity contribution in [2.24, 2.45) is 10.9 Å². The molecule has 2 aliphatic rings. The maximum absolute atomic E-state index is 13.0. The van der Waals surface area contributed by atoms with Gasteiger partial charge >= 0.3 is 0 Å². The van der Waals surface area contributed by atoms with Crippen molar-refractivity contribution in [2.75, 3.05) is 13.1 Å². The average Bonchev–Trinajstić information content (AvgIpc) is 3.23. The van der Waals surface area contributed by atoms with Gasteiger partial charge in [0.15, 0.2) is 5.78 Å². The topological polar surface area (TPSA) is 45.6 Å². The first kappa shape index (κ1) is 31.7. The SMILES string of the molecule is C=C/C(C)=C\c1cnc(C2=CC(=O)C(=C)CC(/C(C)=C\C(=C/C)N3CCCC(=C)[C@H](CCCC)C3)=N2)cc1C(=C)C. The maximum atomic E-state index is 13.0. The Morgan fingerprint density at radius 1 is 1.22 bits per heavy atom. The molecule has 0 saturated carbocycles. The van der Waals surface area contributed by atoms with Crippen LogP contribution in [0.1, 0.15) is 90.0 Å². The summed E-state index contributed by atoms with van der Waals surface area (Å²) >= 11 is 0. The predicted molar refractivity (Wildman–Crippen MR) is 177 cm³/mol. The molecule has 1 aromatic heterocycles. The van der Waals surface area contributed by atoms with Crippen LogP contribution in [0.15, 0.2) is 95.9 Å². The van der Waals surface area contributed by atoms with Crippen LogP contribution in [-0.2, 0) is 4.79 Å². The highest BCUT2D eigenvalue weighted by atomic mass is 16.1. The second-order valence-electron chi connectivity index (χ2n) is 11.4. The number of aliphatic imine (C=N–C) groups is 1. The first-order valence-corrected chi connectivity index (χ1v) is 14.8. The number of carbonyl (C=O) groups excluding carboxylic acids is 1. The van der Waals surface area contributed by atoms with E-state index in [9.17, 15) is 4.79 Å². The summed E-state index contributed by atoms with van der Waals surface area (Å²) in [4.78, 5) is 25.2. The van der Waals surface area contributed by atoms with Gasteiger partial charge < -0.3 is 4.90 Å². The van der Waals surface area contributed by atoms with E-state index in [1.54, 1.807) is 6.08 Å². The van der Waals surface area contributed by atoms with Crippen molar-refractivity contribution in [3.8, 4) is 0 Å². The van der Waals surface area contributed by atoms with Crippen LogP contribution in [0.5, 0.6) is 0 Å². The second-order valence-corrected chi connectivity index (χ2v) is 11.4. The van der Waals surface area contributed by atoms with Crippen LogP contribution in [0.4, 0.5) is 0 Å². The summed E-state index contributed by atoms with van der Waals surface area (Å²) in [5, 5.41) is 0. The molecule has 1 fully saturated rings. The number of nitrogens with zero attached hydrogens (tertiary/aromatic N) is 3. The van der Waals surface area contributed by atoms with Crippen molar-refractivity contribution in [1.29, 1.82) is 0 Å². The monoisotopic (exact) mass is 549 g/mol. The largest absolute Gasteiger partial charge is 0.371 e. The summed E-state index contributed by atoms with van der Waals surface area (Å²) in [6.45, 7) is 28.9. The summed E-state index contributed by atoms with van der Waals surface area (Å²) in [7, 11) is 0. The minimum Gasteiger partial charge on any atom is -0.371 e. The Kier molecular flexibility index (Phi) is 11.4. The highest BCUT2D eigenvalue weighted by Crippen LogP contribution is 2.30. The summed E-state index contributed by atoms with van der Waals surface area (Å²) < 4.78 is 0. The molecular formula is C37H47N3O. The molecule has 2 aliphatic heterocycles. The molecule has 3 rings (SSSR count). The van der Waals surface area contributed by atoms with E-state index in [1.165, 1.54) is 30.5 Å². The van der Waals surface area contributed by atoms with Crippen molar-refractivity contribution in [2.45, 2.75) is 73.1 Å². The van der Waals surface area contributed by atoms with Gasteiger partial charge in [-0.3, -0.25) is 14.8 Å². The predicted octanol–water partition coefficient (Wildman–Crippen LogP) is 9.32. The van der Waals surface area contributed by atoms with Gasteiger partial charge in [-0.2, -0.15) is 0 Å². The van der Waals surface area contributed by atoms with E-state index < -0.39 is 0 Å². The van der Waals surface area contributed by atoms with Crippen LogP contribution in [0, 0.1) is 5.92 Å². The molecule has 0 spiro atoms. The van der Waals surface area contributed by atoms with Gasteiger partial charge in [0.2, 0.25) is 0 Å². The number of hydrogen-bond donors (Lipinski definition) is 0. The molecule has 0 aliphatic carbocycles. The molecule has 0 bridgehead atoms.